The smallest absolute Gasteiger partial charge is 0.0223 e. The van der Waals surface area contributed by atoms with Crippen molar-refractivity contribution in [2.24, 2.45) is 0 Å². The van der Waals surface area contributed by atoms with E-state index in [0.29, 0.717) is 0 Å². The van der Waals surface area contributed by atoms with Crippen molar-refractivity contribution in [1.29, 1.82) is 0 Å². The van der Waals surface area contributed by atoms with Crippen LogP contribution in [0.3, 0.4) is 0 Å². The van der Waals surface area contributed by atoms with Crippen molar-refractivity contribution in [3.05, 3.63) is 60.2 Å². The van der Waals surface area contributed by atoms with Crippen molar-refractivity contribution in [2.75, 3.05) is 0 Å². The van der Waals surface area contributed by atoms with Crippen LogP contribution in [0.1, 0.15) is 26.3 Å². The summed E-state index contributed by atoms with van der Waals surface area (Å²) in [5.74, 6) is 0. The first-order valence-electron chi connectivity index (χ1n) is 6.06. The first-order chi connectivity index (χ1) is 8.57. The van der Waals surface area contributed by atoms with E-state index in [1.807, 2.05) is 21.6 Å². The summed E-state index contributed by atoms with van der Waals surface area (Å²) in [6.45, 7) is 6.79. The minimum absolute atomic E-state index is 0.195. The first kappa shape index (κ1) is 13.6. The van der Waals surface area contributed by atoms with Crippen LogP contribution < -0.4 is 0 Å². The van der Waals surface area contributed by atoms with Crippen molar-refractivity contribution in [3.63, 3.8) is 0 Å². The fourth-order valence-electron chi connectivity index (χ4n) is 1.73. The normalized spacial score (nSPS) is 11.5. The lowest BCUT2D eigenvalue weighted by Crippen LogP contribution is -2.11. The molecule has 0 amide bonds. The average molecular weight is 274 g/mol. The summed E-state index contributed by atoms with van der Waals surface area (Å²) < 4.78 is 0. The molecule has 0 bridgehead atoms. The predicted molar refractivity (Wildman–Crippen MR) is 83.3 cm³/mol. The summed E-state index contributed by atoms with van der Waals surface area (Å²) in [6.07, 6.45) is 0. The quantitative estimate of drug-likeness (QED) is 0.650. The lowest BCUT2D eigenvalue weighted by Gasteiger charge is -2.22. The fourth-order valence-corrected chi connectivity index (χ4v) is 4.11. The van der Waals surface area contributed by atoms with E-state index in [-0.39, 0.29) is 5.41 Å². The van der Waals surface area contributed by atoms with Crippen LogP contribution in [0, 0.1) is 0 Å². The second-order valence-corrected chi connectivity index (χ2v) is 7.47. The zero-order chi connectivity index (χ0) is 13.0. The number of benzene rings is 2. The molecule has 18 heavy (non-hydrogen) atoms. The summed E-state index contributed by atoms with van der Waals surface area (Å²) in [6, 6.07) is 19.2. The molecule has 0 nitrogen and oxygen atoms in total. The number of rotatable bonds is 3. The van der Waals surface area contributed by atoms with Crippen LogP contribution in [0.2, 0.25) is 0 Å². The van der Waals surface area contributed by atoms with E-state index in [1.54, 1.807) is 0 Å². The molecule has 0 saturated heterocycles. The Bertz CT molecular complexity index is 498. The van der Waals surface area contributed by atoms with Crippen LogP contribution >= 0.6 is 21.6 Å². The minimum Gasteiger partial charge on any atom is -0.0622 e. The molecule has 0 heterocycles. The van der Waals surface area contributed by atoms with Crippen LogP contribution in [-0.2, 0) is 5.41 Å². The van der Waals surface area contributed by atoms with Gasteiger partial charge in [0, 0.05) is 9.79 Å². The Morgan fingerprint density at radius 2 is 1.33 bits per heavy atom. The number of hydrogen-bond acceptors (Lipinski definition) is 2. The standard InChI is InChI=1S/C16H18S2/c1-16(2,3)14-11-7-8-12-15(14)18-17-13-9-5-4-6-10-13/h4-12H,1-3H3. The largest absolute Gasteiger partial charge is 0.0622 e. The monoisotopic (exact) mass is 274 g/mol. The highest BCUT2D eigenvalue weighted by Crippen LogP contribution is 2.41. The van der Waals surface area contributed by atoms with Crippen molar-refractivity contribution in [2.45, 2.75) is 36.0 Å². The molecule has 0 unspecified atom stereocenters. The summed E-state index contributed by atoms with van der Waals surface area (Å²) >= 11 is 0. The summed E-state index contributed by atoms with van der Waals surface area (Å²) in [4.78, 5) is 2.66. The molecule has 0 aromatic heterocycles. The van der Waals surface area contributed by atoms with Gasteiger partial charge >= 0.3 is 0 Å². The molecular formula is C16H18S2. The Hall–Kier alpha value is -0.860. The highest BCUT2D eigenvalue weighted by Gasteiger charge is 2.17. The van der Waals surface area contributed by atoms with E-state index in [9.17, 15) is 0 Å². The third-order valence-electron chi connectivity index (χ3n) is 2.67. The van der Waals surface area contributed by atoms with E-state index < -0.39 is 0 Å². The van der Waals surface area contributed by atoms with Crippen molar-refractivity contribution < 1.29 is 0 Å². The van der Waals surface area contributed by atoms with Gasteiger partial charge in [0.25, 0.3) is 0 Å². The third kappa shape index (κ3) is 3.56. The van der Waals surface area contributed by atoms with Gasteiger partial charge in [-0.3, -0.25) is 0 Å². The van der Waals surface area contributed by atoms with Gasteiger partial charge in [-0.1, -0.05) is 78.8 Å². The lowest BCUT2D eigenvalue weighted by atomic mass is 9.87. The van der Waals surface area contributed by atoms with Crippen LogP contribution in [0.25, 0.3) is 0 Å². The Kier molecular flexibility index (Phi) is 4.41. The van der Waals surface area contributed by atoms with E-state index in [2.05, 4.69) is 75.4 Å². The lowest BCUT2D eigenvalue weighted by molar-refractivity contribution is 0.578. The van der Waals surface area contributed by atoms with E-state index >= 15 is 0 Å². The van der Waals surface area contributed by atoms with Crippen molar-refractivity contribution in [3.8, 4) is 0 Å². The molecule has 2 heteroatoms. The zero-order valence-electron chi connectivity index (χ0n) is 11.0. The van der Waals surface area contributed by atoms with E-state index in [0.717, 1.165) is 0 Å². The van der Waals surface area contributed by atoms with Gasteiger partial charge < -0.3 is 0 Å². The van der Waals surface area contributed by atoms with Crippen molar-refractivity contribution in [1.82, 2.24) is 0 Å². The Morgan fingerprint density at radius 3 is 2.00 bits per heavy atom. The molecule has 0 N–H and O–H groups in total. The highest BCUT2D eigenvalue weighted by molar-refractivity contribution is 8.76. The molecule has 2 rings (SSSR count). The molecule has 0 aliphatic carbocycles. The maximum absolute atomic E-state index is 2.26. The Morgan fingerprint density at radius 1 is 0.722 bits per heavy atom. The molecule has 0 fully saturated rings. The van der Waals surface area contributed by atoms with Gasteiger partial charge in [0.1, 0.15) is 0 Å². The maximum Gasteiger partial charge on any atom is 0.0223 e. The van der Waals surface area contributed by atoms with Gasteiger partial charge in [-0.2, -0.15) is 0 Å². The third-order valence-corrected chi connectivity index (χ3v) is 5.12. The Labute approximate surface area is 118 Å². The van der Waals surface area contributed by atoms with Gasteiger partial charge in [0.15, 0.2) is 0 Å². The van der Waals surface area contributed by atoms with Crippen LogP contribution in [0.15, 0.2) is 64.4 Å². The molecule has 0 atom stereocenters. The molecule has 2 aromatic rings. The predicted octanol–water partition coefficient (Wildman–Crippen LogP) is 5.78. The van der Waals surface area contributed by atoms with Crippen LogP contribution in [0.4, 0.5) is 0 Å². The average Bonchev–Trinajstić information content (AvgIpc) is 2.37. The topological polar surface area (TPSA) is 0 Å². The second kappa shape index (κ2) is 5.85. The molecule has 94 valence electrons. The van der Waals surface area contributed by atoms with Crippen molar-refractivity contribution >= 4 is 21.6 Å². The first-order valence-corrected chi connectivity index (χ1v) is 8.21. The summed E-state index contributed by atoms with van der Waals surface area (Å²) in [5, 5.41) is 0. The summed E-state index contributed by atoms with van der Waals surface area (Å²) in [5.41, 5.74) is 1.61. The van der Waals surface area contributed by atoms with E-state index in [1.165, 1.54) is 15.4 Å². The maximum atomic E-state index is 2.26. The minimum atomic E-state index is 0.195. The van der Waals surface area contributed by atoms with Gasteiger partial charge in [-0.25, -0.2) is 0 Å². The number of hydrogen-bond donors (Lipinski definition) is 0. The zero-order valence-corrected chi connectivity index (χ0v) is 12.6. The Balaban J connectivity index is 2.15. The molecule has 2 aromatic carbocycles. The van der Waals surface area contributed by atoms with Gasteiger partial charge in [-0.05, 0) is 29.2 Å². The van der Waals surface area contributed by atoms with Gasteiger partial charge in [0.05, 0.1) is 0 Å². The van der Waals surface area contributed by atoms with Crippen LogP contribution in [-0.4, -0.2) is 0 Å². The molecule has 0 aliphatic rings. The van der Waals surface area contributed by atoms with Crippen LogP contribution in [0.5, 0.6) is 0 Å². The van der Waals surface area contributed by atoms with Gasteiger partial charge in [0.2, 0.25) is 0 Å². The highest BCUT2D eigenvalue weighted by atomic mass is 33.1. The summed E-state index contributed by atoms with van der Waals surface area (Å²) in [7, 11) is 3.66. The molecule has 0 saturated carbocycles. The second-order valence-electron chi connectivity index (χ2n) is 5.23. The molecule has 0 radical (unpaired) electrons. The molecule has 0 aliphatic heterocycles. The fraction of sp³-hybridized carbons (Fsp3) is 0.250. The SMILES string of the molecule is CC(C)(C)c1ccccc1SSc1ccccc1. The van der Waals surface area contributed by atoms with E-state index in [4.69, 9.17) is 0 Å². The van der Waals surface area contributed by atoms with Gasteiger partial charge in [-0.15, -0.1) is 0 Å². The molecule has 0 spiro atoms. The molecular weight excluding hydrogens is 256 g/mol.